The van der Waals surface area contributed by atoms with E-state index in [9.17, 15) is 9.90 Å². The summed E-state index contributed by atoms with van der Waals surface area (Å²) in [5, 5.41) is 9.33. The van der Waals surface area contributed by atoms with Gasteiger partial charge in [0.1, 0.15) is 11.9 Å². The third-order valence-electron chi connectivity index (χ3n) is 5.12. The van der Waals surface area contributed by atoms with Gasteiger partial charge in [-0.3, -0.25) is 4.42 Å². The maximum atomic E-state index is 11.4. The van der Waals surface area contributed by atoms with Crippen LogP contribution in [0.3, 0.4) is 0 Å². The predicted octanol–water partition coefficient (Wildman–Crippen LogP) is 4.98. The lowest BCUT2D eigenvalue weighted by molar-refractivity contribution is -0.145. The fourth-order valence-corrected chi connectivity index (χ4v) is 3.79. The van der Waals surface area contributed by atoms with Crippen molar-refractivity contribution in [1.82, 2.24) is 9.32 Å². The normalized spacial score (nSPS) is 17.4. The van der Waals surface area contributed by atoms with Crippen LogP contribution in [-0.2, 0) is 16.1 Å². The predicted molar refractivity (Wildman–Crippen MR) is 115 cm³/mol. The largest absolute Gasteiger partial charge is 0.479 e. The van der Waals surface area contributed by atoms with Crippen LogP contribution in [0.5, 0.6) is 5.75 Å². The molecule has 1 N–H and O–H groups in total. The van der Waals surface area contributed by atoms with E-state index in [2.05, 4.69) is 11.8 Å². The Morgan fingerprint density at radius 2 is 1.97 bits per heavy atom. The average molecular weight is 425 g/mol. The van der Waals surface area contributed by atoms with Crippen LogP contribution in [0.4, 0.5) is 0 Å². The molecule has 0 aliphatic carbocycles. The third kappa shape index (κ3) is 7.12. The van der Waals surface area contributed by atoms with E-state index in [0.717, 1.165) is 56.5 Å². The minimum absolute atomic E-state index is 0.120. The van der Waals surface area contributed by atoms with Crippen LogP contribution >= 0.6 is 11.8 Å². The second-order valence-electron chi connectivity index (χ2n) is 7.44. The smallest absolute Gasteiger partial charge is 0.344 e. The van der Waals surface area contributed by atoms with Crippen molar-refractivity contribution in [1.29, 1.82) is 0 Å². The number of benzene rings is 1. The molecule has 0 fully saturated rings. The number of hydrogen-bond acceptors (Lipinski definition) is 5. The molecule has 2 atom stereocenters. The number of rotatable bonds is 13. The molecule has 1 aromatic rings. The summed E-state index contributed by atoms with van der Waals surface area (Å²) in [5.41, 5.74) is 2.25. The van der Waals surface area contributed by atoms with E-state index in [-0.39, 0.29) is 6.17 Å². The van der Waals surface area contributed by atoms with Crippen LogP contribution in [0.15, 0.2) is 36.2 Å². The molecule has 1 aliphatic rings. The maximum absolute atomic E-state index is 11.4. The van der Waals surface area contributed by atoms with Crippen LogP contribution in [0, 0.1) is 0 Å². The molecule has 0 amide bonds. The van der Waals surface area contributed by atoms with Gasteiger partial charge in [-0.25, -0.2) is 4.79 Å². The first-order chi connectivity index (χ1) is 14.0. The molecule has 0 radical (unpaired) electrons. The lowest BCUT2D eigenvalue weighted by Crippen LogP contribution is -2.35. The molecule has 0 saturated carbocycles. The van der Waals surface area contributed by atoms with Gasteiger partial charge in [0.2, 0.25) is 0 Å². The van der Waals surface area contributed by atoms with Gasteiger partial charge >= 0.3 is 5.97 Å². The zero-order valence-corrected chi connectivity index (χ0v) is 18.4. The fourth-order valence-electron chi connectivity index (χ4n) is 3.45. The van der Waals surface area contributed by atoms with Crippen LogP contribution in [0.25, 0.3) is 0 Å². The Labute approximate surface area is 179 Å². The molecule has 29 heavy (non-hydrogen) atoms. The Balaban J connectivity index is 1.96. The maximum Gasteiger partial charge on any atom is 0.344 e. The van der Waals surface area contributed by atoms with Gasteiger partial charge in [-0.05, 0) is 56.7 Å². The van der Waals surface area contributed by atoms with Gasteiger partial charge in [-0.15, -0.1) is 0 Å². The minimum Gasteiger partial charge on any atom is -0.479 e. The first-order valence-corrected chi connectivity index (χ1v) is 10.7. The average Bonchev–Trinajstić information content (AvgIpc) is 2.96. The molecule has 1 aromatic carbocycles. The summed E-state index contributed by atoms with van der Waals surface area (Å²) < 4.78 is 12.6. The Morgan fingerprint density at radius 3 is 2.59 bits per heavy atom. The SMILES string of the molecule is CCCCC(Oc1ccc(CN2C(C)=CN(Cl)C2CCCCOC)cc1)C(=O)O. The number of ether oxygens (including phenoxy) is 2. The summed E-state index contributed by atoms with van der Waals surface area (Å²) >= 11 is 6.41. The highest BCUT2D eigenvalue weighted by atomic mass is 35.5. The highest BCUT2D eigenvalue weighted by molar-refractivity contribution is 6.14. The van der Waals surface area contributed by atoms with Crippen molar-refractivity contribution in [3.8, 4) is 5.75 Å². The third-order valence-corrected chi connectivity index (χ3v) is 5.44. The van der Waals surface area contributed by atoms with Crippen molar-refractivity contribution in [3.05, 3.63) is 41.7 Å². The van der Waals surface area contributed by atoms with E-state index in [1.54, 1.807) is 11.5 Å². The molecule has 162 valence electrons. The monoisotopic (exact) mass is 424 g/mol. The van der Waals surface area contributed by atoms with Crippen molar-refractivity contribution in [2.75, 3.05) is 13.7 Å². The Bertz CT molecular complexity index is 665. The lowest BCUT2D eigenvalue weighted by atomic mass is 10.1. The van der Waals surface area contributed by atoms with Crippen molar-refractivity contribution in [2.45, 2.75) is 71.2 Å². The van der Waals surface area contributed by atoms with E-state index in [0.29, 0.717) is 12.2 Å². The minimum atomic E-state index is -0.918. The lowest BCUT2D eigenvalue weighted by Gasteiger charge is -2.31. The molecular formula is C22H33ClN2O4. The van der Waals surface area contributed by atoms with Crippen molar-refractivity contribution in [3.63, 3.8) is 0 Å². The number of methoxy groups -OCH3 is 1. The molecule has 0 aromatic heterocycles. The number of halogens is 1. The molecule has 1 heterocycles. The van der Waals surface area contributed by atoms with Crippen LogP contribution in [0.1, 0.15) is 57.9 Å². The highest BCUT2D eigenvalue weighted by Gasteiger charge is 2.29. The van der Waals surface area contributed by atoms with Crippen molar-refractivity contribution >= 4 is 17.7 Å². The molecule has 2 unspecified atom stereocenters. The molecule has 0 bridgehead atoms. The zero-order chi connectivity index (χ0) is 21.2. The number of nitrogens with zero attached hydrogens (tertiary/aromatic N) is 2. The first kappa shape index (κ1) is 23.4. The quantitative estimate of drug-likeness (QED) is 0.355. The van der Waals surface area contributed by atoms with E-state index in [1.807, 2.05) is 37.4 Å². The van der Waals surface area contributed by atoms with Gasteiger partial charge in [0.05, 0.1) is 0 Å². The molecule has 1 aliphatic heterocycles. The number of aliphatic carboxylic acids is 1. The van der Waals surface area contributed by atoms with Gasteiger partial charge in [-0.2, -0.15) is 0 Å². The molecule has 2 rings (SSSR count). The van der Waals surface area contributed by atoms with Gasteiger partial charge < -0.3 is 19.5 Å². The topological polar surface area (TPSA) is 62.2 Å². The molecule has 6 nitrogen and oxygen atoms in total. The number of carbonyl (C=O) groups is 1. The molecule has 7 heteroatoms. The Kier molecular flexibility index (Phi) is 9.61. The summed E-state index contributed by atoms with van der Waals surface area (Å²) in [5.74, 6) is -0.333. The van der Waals surface area contributed by atoms with E-state index in [1.165, 1.54) is 0 Å². The van der Waals surface area contributed by atoms with Gasteiger partial charge in [0, 0.05) is 43.9 Å². The summed E-state index contributed by atoms with van der Waals surface area (Å²) in [6.07, 6.45) is 6.59. The van der Waals surface area contributed by atoms with Gasteiger partial charge in [0.15, 0.2) is 6.10 Å². The summed E-state index contributed by atoms with van der Waals surface area (Å²) in [7, 11) is 1.72. The number of unbranched alkanes of at least 4 members (excludes halogenated alkanes) is 2. The highest BCUT2D eigenvalue weighted by Crippen LogP contribution is 2.30. The van der Waals surface area contributed by atoms with Gasteiger partial charge in [0.25, 0.3) is 0 Å². The first-order valence-electron chi connectivity index (χ1n) is 10.3. The van der Waals surface area contributed by atoms with Crippen molar-refractivity contribution < 1.29 is 19.4 Å². The number of carboxylic acid groups (broad SMARTS) is 1. The Hall–Kier alpha value is -1.92. The second-order valence-corrected chi connectivity index (χ2v) is 7.83. The summed E-state index contributed by atoms with van der Waals surface area (Å²) in [6, 6.07) is 7.66. The van der Waals surface area contributed by atoms with E-state index in [4.69, 9.17) is 21.3 Å². The standard InChI is InChI=1S/C22H33ClN2O4/c1-4-5-8-20(22(26)27)29-19-12-10-18(11-13-19)16-24-17(2)15-25(23)21(24)9-6-7-14-28-3/h10-13,15,20-21H,4-9,14,16H2,1-3H3,(H,26,27). The Morgan fingerprint density at radius 1 is 1.24 bits per heavy atom. The molecule has 0 spiro atoms. The molecule has 0 saturated heterocycles. The number of allylic oxidation sites excluding steroid dienone is 1. The van der Waals surface area contributed by atoms with Crippen LogP contribution < -0.4 is 4.74 Å². The molecular weight excluding hydrogens is 392 g/mol. The van der Waals surface area contributed by atoms with E-state index >= 15 is 0 Å². The fraction of sp³-hybridized carbons (Fsp3) is 0.591. The van der Waals surface area contributed by atoms with Crippen LogP contribution in [-0.4, -0.2) is 46.4 Å². The zero-order valence-electron chi connectivity index (χ0n) is 17.6. The summed E-state index contributed by atoms with van der Waals surface area (Å²) in [6.45, 7) is 5.60. The van der Waals surface area contributed by atoms with E-state index < -0.39 is 12.1 Å². The summed E-state index contributed by atoms with van der Waals surface area (Å²) in [4.78, 5) is 13.7. The van der Waals surface area contributed by atoms with Crippen LogP contribution in [0.2, 0.25) is 0 Å². The number of carboxylic acids is 1. The van der Waals surface area contributed by atoms with Gasteiger partial charge in [-0.1, -0.05) is 25.5 Å². The van der Waals surface area contributed by atoms with Crippen molar-refractivity contribution in [2.24, 2.45) is 0 Å². The second kappa shape index (κ2) is 11.9. The number of hydrogen-bond donors (Lipinski definition) is 1.